The van der Waals surface area contributed by atoms with Crippen molar-refractivity contribution in [1.82, 2.24) is 4.98 Å². The van der Waals surface area contributed by atoms with Gasteiger partial charge in [-0.05, 0) is 25.3 Å². The quantitative estimate of drug-likeness (QED) is 0.807. The van der Waals surface area contributed by atoms with Crippen LogP contribution in [0.5, 0.6) is 5.75 Å². The first-order valence-electron chi connectivity index (χ1n) is 5.16. The van der Waals surface area contributed by atoms with Gasteiger partial charge in [0, 0.05) is 6.20 Å². The monoisotopic (exact) mass is 206 g/mol. The number of hydrogen-bond donors (Lipinski definition) is 1. The SMILES string of the molecule is CCc1nccc(OC2CC2)c1C(N)=O. The number of hydrogen-bond acceptors (Lipinski definition) is 3. The first-order chi connectivity index (χ1) is 7.22. The molecule has 2 N–H and O–H groups in total. The molecule has 1 saturated carbocycles. The Bertz CT molecular complexity index is 386. The average Bonchev–Trinajstić information content (AvgIpc) is 3.01. The Morgan fingerprint density at radius 2 is 2.40 bits per heavy atom. The number of carbonyl (C=O) groups is 1. The maximum absolute atomic E-state index is 11.3. The van der Waals surface area contributed by atoms with E-state index in [1.165, 1.54) is 0 Å². The van der Waals surface area contributed by atoms with Crippen LogP contribution in [0.4, 0.5) is 0 Å². The molecule has 0 spiro atoms. The molecule has 0 aliphatic heterocycles. The minimum absolute atomic E-state index is 0.259. The van der Waals surface area contributed by atoms with Crippen LogP contribution in [0, 0.1) is 0 Å². The zero-order valence-corrected chi connectivity index (χ0v) is 8.69. The van der Waals surface area contributed by atoms with Gasteiger partial charge in [0.25, 0.3) is 5.91 Å². The Hall–Kier alpha value is -1.58. The fourth-order valence-electron chi connectivity index (χ4n) is 1.48. The maximum Gasteiger partial charge on any atom is 0.254 e. The van der Waals surface area contributed by atoms with Crippen molar-refractivity contribution in [2.24, 2.45) is 5.73 Å². The van der Waals surface area contributed by atoms with Crippen molar-refractivity contribution >= 4 is 5.91 Å². The van der Waals surface area contributed by atoms with Crippen LogP contribution in [0.3, 0.4) is 0 Å². The molecule has 0 unspecified atom stereocenters. The maximum atomic E-state index is 11.3. The predicted octanol–water partition coefficient (Wildman–Crippen LogP) is 1.28. The third-order valence-corrected chi connectivity index (χ3v) is 2.39. The van der Waals surface area contributed by atoms with Gasteiger partial charge in [0.15, 0.2) is 0 Å². The van der Waals surface area contributed by atoms with Crippen LogP contribution in [-0.2, 0) is 6.42 Å². The van der Waals surface area contributed by atoms with Crippen molar-refractivity contribution in [2.45, 2.75) is 32.3 Å². The molecule has 0 saturated heterocycles. The number of nitrogens with zero attached hydrogens (tertiary/aromatic N) is 1. The van der Waals surface area contributed by atoms with Crippen LogP contribution in [0.1, 0.15) is 35.8 Å². The summed E-state index contributed by atoms with van der Waals surface area (Å²) in [4.78, 5) is 15.4. The van der Waals surface area contributed by atoms with Crippen LogP contribution in [0.25, 0.3) is 0 Å². The lowest BCUT2D eigenvalue weighted by Crippen LogP contribution is -2.17. The van der Waals surface area contributed by atoms with E-state index in [1.807, 2.05) is 6.92 Å². The lowest BCUT2D eigenvalue weighted by atomic mass is 10.1. The first kappa shape index (κ1) is 9.96. The minimum Gasteiger partial charge on any atom is -0.489 e. The highest BCUT2D eigenvalue weighted by Gasteiger charge is 2.26. The Morgan fingerprint density at radius 1 is 1.67 bits per heavy atom. The van der Waals surface area contributed by atoms with Gasteiger partial charge < -0.3 is 10.5 Å². The molecular formula is C11H14N2O2. The number of aromatic nitrogens is 1. The summed E-state index contributed by atoms with van der Waals surface area (Å²) < 4.78 is 5.62. The molecule has 1 aromatic rings. The molecular weight excluding hydrogens is 192 g/mol. The zero-order valence-electron chi connectivity index (χ0n) is 8.69. The lowest BCUT2D eigenvalue weighted by molar-refractivity contribution is 0.0994. The molecule has 0 radical (unpaired) electrons. The summed E-state index contributed by atoms with van der Waals surface area (Å²) in [7, 11) is 0. The fourth-order valence-corrected chi connectivity index (χ4v) is 1.48. The van der Waals surface area contributed by atoms with E-state index in [-0.39, 0.29) is 6.10 Å². The highest BCUT2D eigenvalue weighted by Crippen LogP contribution is 2.29. The number of ether oxygens (including phenoxy) is 1. The molecule has 0 aromatic carbocycles. The Labute approximate surface area is 88.4 Å². The highest BCUT2D eigenvalue weighted by molar-refractivity contribution is 5.96. The van der Waals surface area contributed by atoms with Gasteiger partial charge in [0.05, 0.1) is 11.8 Å². The Morgan fingerprint density at radius 3 is 2.93 bits per heavy atom. The average molecular weight is 206 g/mol. The van der Waals surface area contributed by atoms with Crippen LogP contribution in [0.15, 0.2) is 12.3 Å². The van der Waals surface area contributed by atoms with Crippen LogP contribution in [0.2, 0.25) is 0 Å². The number of aryl methyl sites for hydroxylation is 1. The van der Waals surface area contributed by atoms with Gasteiger partial charge in [0.1, 0.15) is 11.3 Å². The van der Waals surface area contributed by atoms with E-state index in [4.69, 9.17) is 10.5 Å². The number of primary amides is 1. The van der Waals surface area contributed by atoms with Gasteiger partial charge in [0.2, 0.25) is 0 Å². The largest absolute Gasteiger partial charge is 0.489 e. The molecule has 1 amide bonds. The summed E-state index contributed by atoms with van der Waals surface area (Å²) in [5.74, 6) is 0.118. The van der Waals surface area contributed by atoms with Crippen molar-refractivity contribution in [3.8, 4) is 5.75 Å². The van der Waals surface area contributed by atoms with Crippen LogP contribution < -0.4 is 10.5 Å². The molecule has 1 fully saturated rings. The molecule has 15 heavy (non-hydrogen) atoms. The van der Waals surface area contributed by atoms with E-state index in [9.17, 15) is 4.79 Å². The molecule has 1 aromatic heterocycles. The zero-order chi connectivity index (χ0) is 10.8. The highest BCUT2D eigenvalue weighted by atomic mass is 16.5. The molecule has 4 heteroatoms. The smallest absolute Gasteiger partial charge is 0.254 e. The van der Waals surface area contributed by atoms with E-state index in [0.29, 0.717) is 23.4 Å². The summed E-state index contributed by atoms with van der Waals surface area (Å²) in [5, 5.41) is 0. The van der Waals surface area contributed by atoms with Crippen molar-refractivity contribution in [1.29, 1.82) is 0 Å². The lowest BCUT2D eigenvalue weighted by Gasteiger charge is -2.10. The minimum atomic E-state index is -0.462. The van der Waals surface area contributed by atoms with Crippen molar-refractivity contribution in [3.05, 3.63) is 23.5 Å². The van der Waals surface area contributed by atoms with E-state index < -0.39 is 5.91 Å². The standard InChI is InChI=1S/C11H14N2O2/c1-2-8-10(11(12)14)9(5-6-13-8)15-7-3-4-7/h5-7H,2-4H2,1H3,(H2,12,14). The van der Waals surface area contributed by atoms with Crippen LogP contribution in [-0.4, -0.2) is 17.0 Å². The molecule has 80 valence electrons. The Kier molecular flexibility index (Phi) is 2.58. The van der Waals surface area contributed by atoms with Gasteiger partial charge in [-0.25, -0.2) is 0 Å². The molecule has 0 bridgehead atoms. The fraction of sp³-hybridized carbons (Fsp3) is 0.455. The second kappa shape index (κ2) is 3.88. The number of carbonyl (C=O) groups excluding carboxylic acids is 1. The van der Waals surface area contributed by atoms with Crippen molar-refractivity contribution in [2.75, 3.05) is 0 Å². The summed E-state index contributed by atoms with van der Waals surface area (Å²) in [6.45, 7) is 1.94. The Balaban J connectivity index is 2.37. The third-order valence-electron chi connectivity index (χ3n) is 2.39. The predicted molar refractivity (Wildman–Crippen MR) is 55.8 cm³/mol. The van der Waals surface area contributed by atoms with Crippen LogP contribution >= 0.6 is 0 Å². The second-order valence-corrected chi connectivity index (χ2v) is 3.67. The van der Waals surface area contributed by atoms with Gasteiger partial charge in [-0.15, -0.1) is 0 Å². The summed E-state index contributed by atoms with van der Waals surface area (Å²) >= 11 is 0. The normalized spacial score (nSPS) is 15.0. The van der Waals surface area contributed by atoms with Crippen molar-refractivity contribution < 1.29 is 9.53 Å². The van der Waals surface area contributed by atoms with Crippen molar-refractivity contribution in [3.63, 3.8) is 0 Å². The molecule has 0 atom stereocenters. The molecule has 4 nitrogen and oxygen atoms in total. The number of rotatable bonds is 4. The molecule has 1 aliphatic carbocycles. The first-order valence-corrected chi connectivity index (χ1v) is 5.16. The second-order valence-electron chi connectivity index (χ2n) is 3.67. The summed E-state index contributed by atoms with van der Waals surface area (Å²) in [5.41, 5.74) is 6.47. The van der Waals surface area contributed by atoms with Gasteiger partial charge in [-0.3, -0.25) is 9.78 Å². The topological polar surface area (TPSA) is 65.2 Å². The number of amides is 1. The molecule has 1 aliphatic rings. The third kappa shape index (κ3) is 2.09. The molecule has 1 heterocycles. The molecule has 2 rings (SSSR count). The summed E-state index contributed by atoms with van der Waals surface area (Å²) in [6, 6.07) is 1.71. The van der Waals surface area contributed by atoms with E-state index in [2.05, 4.69) is 4.98 Å². The number of nitrogens with two attached hydrogens (primary N) is 1. The van der Waals surface area contributed by atoms with Gasteiger partial charge in [-0.2, -0.15) is 0 Å². The van der Waals surface area contributed by atoms with E-state index in [1.54, 1.807) is 12.3 Å². The van der Waals surface area contributed by atoms with Gasteiger partial charge in [-0.1, -0.05) is 6.92 Å². The van der Waals surface area contributed by atoms with E-state index in [0.717, 1.165) is 12.8 Å². The number of pyridine rings is 1. The van der Waals surface area contributed by atoms with E-state index >= 15 is 0 Å². The van der Waals surface area contributed by atoms with Gasteiger partial charge >= 0.3 is 0 Å². The summed E-state index contributed by atoms with van der Waals surface area (Å²) in [6.07, 6.45) is 4.71.